The van der Waals surface area contributed by atoms with Gasteiger partial charge in [-0.25, -0.2) is 0 Å². The maximum atomic E-state index is 12.7. The predicted octanol–water partition coefficient (Wildman–Crippen LogP) is 1.54. The van der Waals surface area contributed by atoms with Gasteiger partial charge in [0.1, 0.15) is 0 Å². The summed E-state index contributed by atoms with van der Waals surface area (Å²) in [6.45, 7) is 7.25. The topological polar surface area (TPSA) is 60.9 Å². The van der Waals surface area contributed by atoms with Crippen LogP contribution in [0, 0.1) is 12.8 Å². The lowest BCUT2D eigenvalue weighted by Gasteiger charge is -2.38. The van der Waals surface area contributed by atoms with Crippen LogP contribution >= 0.6 is 0 Å². The minimum absolute atomic E-state index is 0.0135. The highest BCUT2D eigenvalue weighted by molar-refractivity contribution is 5.94. The average molecular weight is 357 g/mol. The van der Waals surface area contributed by atoms with E-state index in [-0.39, 0.29) is 23.6 Å². The predicted molar refractivity (Wildman–Crippen MR) is 98.6 cm³/mol. The van der Waals surface area contributed by atoms with Crippen LogP contribution < -0.4 is 0 Å². The quantitative estimate of drug-likeness (QED) is 0.807. The van der Waals surface area contributed by atoms with E-state index in [9.17, 15) is 14.4 Å². The molecule has 0 aromatic heterocycles. The number of likely N-dealkylation sites (tertiary alicyclic amines) is 1. The molecule has 2 fully saturated rings. The van der Waals surface area contributed by atoms with E-state index in [2.05, 4.69) is 0 Å². The van der Waals surface area contributed by atoms with Crippen LogP contribution in [0.5, 0.6) is 0 Å². The smallest absolute Gasteiger partial charge is 0.253 e. The lowest BCUT2D eigenvalue weighted by atomic mass is 9.94. The Morgan fingerprint density at radius 3 is 2.08 bits per heavy atom. The number of carbonyl (C=O) groups excluding carboxylic acids is 3. The summed E-state index contributed by atoms with van der Waals surface area (Å²) in [6.07, 6.45) is 1.42. The highest BCUT2D eigenvalue weighted by Gasteiger charge is 2.32. The molecule has 0 bridgehead atoms. The summed E-state index contributed by atoms with van der Waals surface area (Å²) in [6, 6.07) is 7.64. The Morgan fingerprint density at radius 2 is 1.50 bits per heavy atom. The van der Waals surface area contributed by atoms with Gasteiger partial charge in [-0.2, -0.15) is 0 Å². The van der Waals surface area contributed by atoms with Gasteiger partial charge >= 0.3 is 0 Å². The molecule has 1 aromatic carbocycles. The second-order valence-electron chi connectivity index (χ2n) is 7.27. The van der Waals surface area contributed by atoms with Crippen LogP contribution in [0.25, 0.3) is 0 Å². The van der Waals surface area contributed by atoms with Crippen molar-refractivity contribution in [3.05, 3.63) is 35.4 Å². The van der Waals surface area contributed by atoms with E-state index < -0.39 is 0 Å². The fourth-order valence-electron chi connectivity index (χ4n) is 3.79. The molecule has 0 saturated carbocycles. The van der Waals surface area contributed by atoms with Crippen LogP contribution in [-0.2, 0) is 9.59 Å². The lowest BCUT2D eigenvalue weighted by Crippen LogP contribution is -2.52. The van der Waals surface area contributed by atoms with Gasteiger partial charge in [0.15, 0.2) is 0 Å². The van der Waals surface area contributed by atoms with Crippen molar-refractivity contribution < 1.29 is 14.4 Å². The first kappa shape index (κ1) is 18.4. The Labute approximate surface area is 154 Å². The molecule has 2 aliphatic rings. The third kappa shape index (κ3) is 4.06. The maximum Gasteiger partial charge on any atom is 0.253 e. The zero-order valence-corrected chi connectivity index (χ0v) is 15.6. The number of hydrogen-bond donors (Lipinski definition) is 0. The first-order valence-corrected chi connectivity index (χ1v) is 9.36. The van der Waals surface area contributed by atoms with Crippen LogP contribution in [0.15, 0.2) is 24.3 Å². The van der Waals surface area contributed by atoms with Gasteiger partial charge in [-0.05, 0) is 31.9 Å². The summed E-state index contributed by atoms with van der Waals surface area (Å²) >= 11 is 0. The van der Waals surface area contributed by atoms with Crippen LogP contribution in [0.2, 0.25) is 0 Å². The van der Waals surface area contributed by atoms with Gasteiger partial charge in [-0.3, -0.25) is 14.4 Å². The average Bonchev–Trinajstić information content (AvgIpc) is 2.67. The minimum atomic E-state index is -0.0135. The second-order valence-corrected chi connectivity index (χ2v) is 7.27. The number of hydrogen-bond acceptors (Lipinski definition) is 3. The van der Waals surface area contributed by atoms with Crippen molar-refractivity contribution in [2.75, 3.05) is 39.3 Å². The van der Waals surface area contributed by atoms with Crippen LogP contribution in [0.4, 0.5) is 0 Å². The summed E-state index contributed by atoms with van der Waals surface area (Å²) < 4.78 is 0. The van der Waals surface area contributed by atoms with E-state index in [1.165, 1.54) is 0 Å². The SMILES string of the molecule is CC(=O)N1CCN(C(=O)C2CCN(C(=O)c3cccc(C)c3)CC2)CC1. The summed E-state index contributed by atoms with van der Waals surface area (Å²) in [5.41, 5.74) is 1.79. The van der Waals surface area contributed by atoms with Crippen molar-refractivity contribution in [3.63, 3.8) is 0 Å². The second kappa shape index (κ2) is 7.89. The normalized spacial score (nSPS) is 18.8. The Bertz CT molecular complexity index is 687. The Hall–Kier alpha value is -2.37. The van der Waals surface area contributed by atoms with Crippen molar-refractivity contribution >= 4 is 17.7 Å². The van der Waals surface area contributed by atoms with Gasteiger partial charge in [0, 0.05) is 57.7 Å². The highest BCUT2D eigenvalue weighted by Crippen LogP contribution is 2.22. The number of amides is 3. The first-order valence-electron chi connectivity index (χ1n) is 9.36. The number of benzene rings is 1. The summed E-state index contributed by atoms with van der Waals surface area (Å²) in [5, 5.41) is 0. The van der Waals surface area contributed by atoms with Crippen molar-refractivity contribution in [3.8, 4) is 0 Å². The molecule has 6 heteroatoms. The number of rotatable bonds is 2. The van der Waals surface area contributed by atoms with Crippen molar-refractivity contribution in [1.29, 1.82) is 0 Å². The van der Waals surface area contributed by atoms with Crippen LogP contribution in [-0.4, -0.2) is 71.7 Å². The van der Waals surface area contributed by atoms with E-state index in [4.69, 9.17) is 0 Å². The highest BCUT2D eigenvalue weighted by atomic mass is 16.2. The molecule has 26 heavy (non-hydrogen) atoms. The lowest BCUT2D eigenvalue weighted by molar-refractivity contribution is -0.142. The molecule has 2 saturated heterocycles. The Balaban J connectivity index is 1.51. The molecule has 0 aliphatic carbocycles. The molecular weight excluding hydrogens is 330 g/mol. The van der Waals surface area contributed by atoms with E-state index in [1.807, 2.05) is 41.0 Å². The van der Waals surface area contributed by atoms with Gasteiger partial charge < -0.3 is 14.7 Å². The number of piperidine rings is 1. The molecule has 2 aliphatic heterocycles. The van der Waals surface area contributed by atoms with Crippen LogP contribution in [0.1, 0.15) is 35.7 Å². The van der Waals surface area contributed by atoms with Gasteiger partial charge in [0.2, 0.25) is 11.8 Å². The van der Waals surface area contributed by atoms with E-state index in [1.54, 1.807) is 11.8 Å². The molecule has 1 aromatic rings. The molecule has 0 unspecified atom stereocenters. The van der Waals surface area contributed by atoms with E-state index >= 15 is 0 Å². The molecule has 2 heterocycles. The van der Waals surface area contributed by atoms with Crippen molar-refractivity contribution in [1.82, 2.24) is 14.7 Å². The molecule has 3 rings (SSSR count). The summed E-state index contributed by atoms with van der Waals surface area (Å²) in [5.74, 6) is 0.283. The zero-order valence-electron chi connectivity index (χ0n) is 15.6. The fraction of sp³-hybridized carbons (Fsp3) is 0.550. The molecule has 0 spiro atoms. The van der Waals surface area contributed by atoms with Gasteiger partial charge in [0.05, 0.1) is 0 Å². The third-order valence-corrected chi connectivity index (χ3v) is 5.43. The molecule has 140 valence electrons. The molecule has 6 nitrogen and oxygen atoms in total. The number of piperazine rings is 1. The molecule has 3 amide bonds. The molecular formula is C20H27N3O3. The van der Waals surface area contributed by atoms with E-state index in [0.29, 0.717) is 52.1 Å². The largest absolute Gasteiger partial charge is 0.339 e. The fourth-order valence-corrected chi connectivity index (χ4v) is 3.79. The number of carbonyl (C=O) groups is 3. The van der Waals surface area contributed by atoms with Gasteiger partial charge in [-0.1, -0.05) is 17.7 Å². The van der Waals surface area contributed by atoms with Gasteiger partial charge in [-0.15, -0.1) is 0 Å². The molecule has 0 atom stereocenters. The molecule has 0 N–H and O–H groups in total. The van der Waals surface area contributed by atoms with Crippen molar-refractivity contribution in [2.24, 2.45) is 5.92 Å². The third-order valence-electron chi connectivity index (χ3n) is 5.43. The number of nitrogens with zero attached hydrogens (tertiary/aromatic N) is 3. The Kier molecular flexibility index (Phi) is 5.59. The monoisotopic (exact) mass is 357 g/mol. The summed E-state index contributed by atoms with van der Waals surface area (Å²) in [7, 11) is 0. The number of aryl methyl sites for hydroxylation is 1. The Morgan fingerprint density at radius 1 is 0.885 bits per heavy atom. The summed E-state index contributed by atoms with van der Waals surface area (Å²) in [4.78, 5) is 42.3. The first-order chi connectivity index (χ1) is 12.5. The molecule has 0 radical (unpaired) electrons. The van der Waals surface area contributed by atoms with Crippen LogP contribution in [0.3, 0.4) is 0 Å². The van der Waals surface area contributed by atoms with E-state index in [0.717, 1.165) is 11.1 Å². The van der Waals surface area contributed by atoms with Crippen molar-refractivity contribution in [2.45, 2.75) is 26.7 Å². The van der Waals surface area contributed by atoms with Gasteiger partial charge in [0.25, 0.3) is 5.91 Å². The standard InChI is InChI=1S/C20H27N3O3/c1-15-4-3-5-18(14-15)20(26)22-8-6-17(7-9-22)19(25)23-12-10-21(11-13-23)16(2)24/h3-5,14,17H,6-13H2,1-2H3. The minimum Gasteiger partial charge on any atom is -0.339 e. The maximum absolute atomic E-state index is 12.7. The zero-order chi connectivity index (χ0) is 18.7.